The zero-order valence-electron chi connectivity index (χ0n) is 19.4. The van der Waals surface area contributed by atoms with E-state index in [-0.39, 0.29) is 23.3 Å². The number of amides is 2. The molecule has 2 fully saturated rings. The monoisotopic (exact) mass is 446 g/mol. The molecule has 1 aliphatic carbocycles. The van der Waals surface area contributed by atoms with Crippen LogP contribution in [-0.2, 0) is 9.59 Å². The van der Waals surface area contributed by atoms with Gasteiger partial charge in [0.05, 0.1) is 7.11 Å². The minimum atomic E-state index is -0.271. The number of nitrogens with zero attached hydrogens (tertiary/aromatic N) is 3. The van der Waals surface area contributed by atoms with Crippen LogP contribution >= 0.6 is 0 Å². The van der Waals surface area contributed by atoms with Crippen LogP contribution in [0.15, 0.2) is 35.9 Å². The fourth-order valence-electron chi connectivity index (χ4n) is 4.42. The van der Waals surface area contributed by atoms with Crippen molar-refractivity contribution in [3.63, 3.8) is 0 Å². The highest BCUT2D eigenvalue weighted by atomic mass is 16.5. The standard InChI is InChI=1S/C26H30N4O3/c1-17-14-20(18(2)30(17)23-6-8-24(33-3)9-7-23)15-21(16-27)26(32)29-12-10-19(11-13-29)25(31)28-22-4-5-22/h6-9,14-15,19,22H,4-5,10-13H2,1-3H3,(H,28,31)/b21-15-. The molecule has 1 aromatic heterocycles. The molecule has 7 nitrogen and oxygen atoms in total. The average Bonchev–Trinajstić information content (AvgIpc) is 3.60. The zero-order chi connectivity index (χ0) is 23.5. The molecular formula is C26H30N4O3. The van der Waals surface area contributed by atoms with Gasteiger partial charge in [0.2, 0.25) is 5.91 Å². The van der Waals surface area contributed by atoms with Crippen LogP contribution in [0.5, 0.6) is 5.75 Å². The van der Waals surface area contributed by atoms with Crippen molar-refractivity contribution in [2.45, 2.75) is 45.6 Å². The normalized spacial score (nSPS) is 16.9. The van der Waals surface area contributed by atoms with Gasteiger partial charge in [-0.3, -0.25) is 9.59 Å². The van der Waals surface area contributed by atoms with E-state index in [0.29, 0.717) is 32.0 Å². The molecule has 0 unspecified atom stereocenters. The molecule has 1 saturated heterocycles. The van der Waals surface area contributed by atoms with Crippen LogP contribution in [0.2, 0.25) is 0 Å². The lowest BCUT2D eigenvalue weighted by atomic mass is 9.95. The van der Waals surface area contributed by atoms with Crippen LogP contribution in [0.25, 0.3) is 11.8 Å². The van der Waals surface area contributed by atoms with Gasteiger partial charge in [0.25, 0.3) is 5.91 Å². The van der Waals surface area contributed by atoms with Gasteiger partial charge in [-0.2, -0.15) is 5.26 Å². The minimum absolute atomic E-state index is 0.0485. The van der Waals surface area contributed by atoms with Crippen LogP contribution < -0.4 is 10.1 Å². The molecule has 1 aromatic carbocycles. The SMILES string of the molecule is COc1ccc(-n2c(C)cc(/C=C(/C#N)C(=O)N3CCC(C(=O)NC4CC4)CC3)c2C)cc1. The lowest BCUT2D eigenvalue weighted by Gasteiger charge is -2.31. The molecule has 0 spiro atoms. The first-order valence-electron chi connectivity index (χ1n) is 11.5. The van der Waals surface area contributed by atoms with Crippen molar-refractivity contribution in [3.8, 4) is 17.5 Å². The molecule has 172 valence electrons. The Morgan fingerprint density at radius 1 is 1.12 bits per heavy atom. The van der Waals surface area contributed by atoms with E-state index in [4.69, 9.17) is 4.74 Å². The average molecular weight is 447 g/mol. The van der Waals surface area contributed by atoms with Crippen LogP contribution in [0.4, 0.5) is 0 Å². The summed E-state index contributed by atoms with van der Waals surface area (Å²) in [7, 11) is 1.63. The van der Waals surface area contributed by atoms with Crippen molar-refractivity contribution in [3.05, 3.63) is 52.9 Å². The van der Waals surface area contributed by atoms with Gasteiger partial charge in [-0.15, -0.1) is 0 Å². The fourth-order valence-corrected chi connectivity index (χ4v) is 4.42. The van der Waals surface area contributed by atoms with Crippen LogP contribution in [0, 0.1) is 31.1 Å². The number of nitriles is 1. The largest absolute Gasteiger partial charge is 0.497 e. The van der Waals surface area contributed by atoms with Gasteiger partial charge in [0.15, 0.2) is 0 Å². The maximum Gasteiger partial charge on any atom is 0.264 e. The molecule has 0 atom stereocenters. The van der Waals surface area contributed by atoms with Gasteiger partial charge >= 0.3 is 0 Å². The van der Waals surface area contributed by atoms with E-state index in [1.807, 2.05) is 44.2 Å². The molecule has 2 aromatic rings. The predicted octanol–water partition coefficient (Wildman–Crippen LogP) is 3.53. The van der Waals surface area contributed by atoms with Crippen molar-refractivity contribution in [2.24, 2.45) is 5.92 Å². The summed E-state index contributed by atoms with van der Waals surface area (Å²) >= 11 is 0. The molecule has 2 heterocycles. The summed E-state index contributed by atoms with van der Waals surface area (Å²) < 4.78 is 7.33. The number of aryl methyl sites for hydroxylation is 1. The Morgan fingerprint density at radius 2 is 1.79 bits per heavy atom. The first-order chi connectivity index (χ1) is 15.9. The number of aromatic nitrogens is 1. The Morgan fingerprint density at radius 3 is 2.36 bits per heavy atom. The van der Waals surface area contributed by atoms with Crippen LogP contribution in [0.1, 0.15) is 42.6 Å². The van der Waals surface area contributed by atoms with E-state index in [9.17, 15) is 14.9 Å². The lowest BCUT2D eigenvalue weighted by Crippen LogP contribution is -2.43. The van der Waals surface area contributed by atoms with Gasteiger partial charge in [0, 0.05) is 42.1 Å². The number of rotatable bonds is 6. The second-order valence-electron chi connectivity index (χ2n) is 8.88. The summed E-state index contributed by atoms with van der Waals surface area (Å²) in [5, 5.41) is 12.8. The Labute approximate surface area is 194 Å². The van der Waals surface area contributed by atoms with Gasteiger partial charge in [-0.1, -0.05) is 0 Å². The van der Waals surface area contributed by atoms with Gasteiger partial charge in [-0.05, 0) is 81.5 Å². The molecule has 0 radical (unpaired) electrons. The predicted molar refractivity (Wildman–Crippen MR) is 126 cm³/mol. The highest BCUT2D eigenvalue weighted by Gasteiger charge is 2.31. The number of methoxy groups -OCH3 is 1. The number of ether oxygens (including phenoxy) is 1. The van der Waals surface area contributed by atoms with E-state index in [1.54, 1.807) is 18.1 Å². The highest BCUT2D eigenvalue weighted by molar-refractivity contribution is 6.02. The zero-order valence-corrected chi connectivity index (χ0v) is 19.4. The lowest BCUT2D eigenvalue weighted by molar-refractivity contribution is -0.132. The Bertz CT molecular complexity index is 1110. The summed E-state index contributed by atoms with van der Waals surface area (Å²) in [5.41, 5.74) is 3.91. The minimum Gasteiger partial charge on any atom is -0.497 e. The number of likely N-dealkylation sites (tertiary alicyclic amines) is 1. The molecule has 1 aliphatic heterocycles. The third kappa shape index (κ3) is 4.95. The Kier molecular flexibility index (Phi) is 6.55. The second kappa shape index (κ2) is 9.53. The summed E-state index contributed by atoms with van der Waals surface area (Å²) in [6.45, 7) is 4.96. The number of carbonyl (C=O) groups excluding carboxylic acids is 2. The third-order valence-corrected chi connectivity index (χ3v) is 6.53. The van der Waals surface area contributed by atoms with E-state index >= 15 is 0 Å². The van der Waals surface area contributed by atoms with Gasteiger partial charge < -0.3 is 19.5 Å². The molecule has 1 N–H and O–H groups in total. The number of benzene rings is 1. The Balaban J connectivity index is 1.48. The van der Waals surface area contributed by atoms with Crippen LogP contribution in [0.3, 0.4) is 0 Å². The second-order valence-corrected chi connectivity index (χ2v) is 8.88. The fraction of sp³-hybridized carbons (Fsp3) is 0.423. The maximum atomic E-state index is 13.1. The van der Waals surface area contributed by atoms with Gasteiger partial charge in [0.1, 0.15) is 17.4 Å². The number of piperidine rings is 1. The quantitative estimate of drug-likeness (QED) is 0.543. The summed E-state index contributed by atoms with van der Waals surface area (Å²) in [6.07, 6.45) is 5.08. The highest BCUT2D eigenvalue weighted by Crippen LogP contribution is 2.26. The summed E-state index contributed by atoms with van der Waals surface area (Å²) in [5.74, 6) is 0.569. The van der Waals surface area contributed by atoms with E-state index < -0.39 is 0 Å². The molecule has 4 rings (SSSR count). The van der Waals surface area contributed by atoms with E-state index in [1.165, 1.54) is 0 Å². The Hall–Kier alpha value is -3.53. The van der Waals surface area contributed by atoms with Crippen molar-refractivity contribution in [1.82, 2.24) is 14.8 Å². The first-order valence-corrected chi connectivity index (χ1v) is 11.5. The maximum absolute atomic E-state index is 13.1. The molecule has 33 heavy (non-hydrogen) atoms. The van der Waals surface area contributed by atoms with Crippen molar-refractivity contribution in [2.75, 3.05) is 20.2 Å². The smallest absolute Gasteiger partial charge is 0.264 e. The number of hydrogen-bond donors (Lipinski definition) is 1. The van der Waals surface area contributed by atoms with Crippen LogP contribution in [-0.4, -0.2) is 47.5 Å². The number of hydrogen-bond acceptors (Lipinski definition) is 4. The summed E-state index contributed by atoms with van der Waals surface area (Å²) in [4.78, 5) is 27.0. The number of nitrogens with one attached hydrogen (secondary N) is 1. The molecule has 1 saturated carbocycles. The molecule has 0 bridgehead atoms. The topological polar surface area (TPSA) is 87.4 Å². The third-order valence-electron chi connectivity index (χ3n) is 6.53. The molecule has 2 aliphatic rings. The summed E-state index contributed by atoms with van der Waals surface area (Å²) in [6, 6.07) is 12.2. The molecule has 7 heteroatoms. The van der Waals surface area contributed by atoms with Crippen molar-refractivity contribution < 1.29 is 14.3 Å². The molecular weight excluding hydrogens is 416 g/mol. The van der Waals surface area contributed by atoms with E-state index in [2.05, 4.69) is 16.0 Å². The van der Waals surface area contributed by atoms with Crippen molar-refractivity contribution >= 4 is 17.9 Å². The van der Waals surface area contributed by atoms with Crippen molar-refractivity contribution in [1.29, 1.82) is 5.26 Å². The molecule has 2 amide bonds. The first kappa shape index (κ1) is 22.7. The number of carbonyl (C=O) groups is 2. The van der Waals surface area contributed by atoms with E-state index in [0.717, 1.165) is 41.2 Å². The van der Waals surface area contributed by atoms with Gasteiger partial charge in [-0.25, -0.2) is 0 Å².